The number of ether oxygens (including phenoxy) is 1. The maximum atomic E-state index is 14.3. The molecule has 39 heavy (non-hydrogen) atoms. The molecule has 0 aliphatic rings. The number of aromatic nitrogens is 5. The van der Waals surface area contributed by atoms with Gasteiger partial charge in [-0.25, -0.2) is 9.37 Å². The first-order valence-corrected chi connectivity index (χ1v) is 12.5. The molecule has 0 aliphatic carbocycles. The van der Waals surface area contributed by atoms with E-state index >= 15 is 0 Å². The maximum absolute atomic E-state index is 14.3. The van der Waals surface area contributed by atoms with Gasteiger partial charge in [-0.2, -0.15) is 5.10 Å². The SMILES string of the molecule is COc1cc(F)cc(-c2ccnc3[nH]c(-c4n[nH]c5ccc(-c6cncc(NC(=O)C(C)C)c6)cc45)cc23)c1. The fraction of sp³-hybridized carbons (Fsp3) is 0.133. The highest BCUT2D eigenvalue weighted by Gasteiger charge is 2.16. The quantitative estimate of drug-likeness (QED) is 0.230. The van der Waals surface area contributed by atoms with Gasteiger partial charge >= 0.3 is 0 Å². The predicted molar refractivity (Wildman–Crippen MR) is 150 cm³/mol. The summed E-state index contributed by atoms with van der Waals surface area (Å²) in [5.74, 6) is -0.130. The number of benzene rings is 2. The number of nitrogens with zero attached hydrogens (tertiary/aromatic N) is 3. The second-order valence-corrected chi connectivity index (χ2v) is 9.62. The van der Waals surface area contributed by atoms with Crippen molar-refractivity contribution >= 4 is 33.5 Å². The van der Waals surface area contributed by atoms with Crippen molar-refractivity contribution in [3.8, 4) is 39.4 Å². The lowest BCUT2D eigenvalue weighted by molar-refractivity contribution is -0.118. The summed E-state index contributed by atoms with van der Waals surface area (Å²) in [5.41, 5.74) is 6.98. The number of aromatic amines is 2. The monoisotopic (exact) mass is 520 g/mol. The van der Waals surface area contributed by atoms with Gasteiger partial charge in [0.25, 0.3) is 0 Å². The highest BCUT2D eigenvalue weighted by molar-refractivity contribution is 6.01. The molecule has 0 unspecified atom stereocenters. The summed E-state index contributed by atoms with van der Waals surface area (Å²) in [6, 6.07) is 16.3. The van der Waals surface area contributed by atoms with E-state index < -0.39 is 0 Å². The highest BCUT2D eigenvalue weighted by atomic mass is 19.1. The molecular weight excluding hydrogens is 495 g/mol. The Hall–Kier alpha value is -5.05. The van der Waals surface area contributed by atoms with Crippen LogP contribution in [0.15, 0.2) is 73.2 Å². The molecule has 194 valence electrons. The van der Waals surface area contributed by atoms with Crippen molar-refractivity contribution < 1.29 is 13.9 Å². The molecule has 0 saturated carbocycles. The van der Waals surface area contributed by atoms with Crippen LogP contribution in [0.2, 0.25) is 0 Å². The van der Waals surface area contributed by atoms with Crippen molar-refractivity contribution in [1.29, 1.82) is 0 Å². The number of hydrogen-bond acceptors (Lipinski definition) is 5. The van der Waals surface area contributed by atoms with Crippen LogP contribution in [-0.4, -0.2) is 38.2 Å². The van der Waals surface area contributed by atoms with Crippen LogP contribution in [0.5, 0.6) is 5.75 Å². The smallest absolute Gasteiger partial charge is 0.226 e. The minimum Gasteiger partial charge on any atom is -0.497 e. The fourth-order valence-electron chi connectivity index (χ4n) is 4.59. The van der Waals surface area contributed by atoms with E-state index in [0.29, 0.717) is 22.6 Å². The van der Waals surface area contributed by atoms with Crippen LogP contribution in [0.3, 0.4) is 0 Å². The minimum atomic E-state index is -0.377. The Morgan fingerprint density at radius 2 is 1.85 bits per heavy atom. The van der Waals surface area contributed by atoms with Gasteiger partial charge < -0.3 is 15.0 Å². The van der Waals surface area contributed by atoms with Gasteiger partial charge in [-0.3, -0.25) is 14.9 Å². The number of anilines is 1. The Morgan fingerprint density at radius 1 is 0.974 bits per heavy atom. The molecule has 0 bridgehead atoms. The number of fused-ring (bicyclic) bond motifs is 2. The van der Waals surface area contributed by atoms with Crippen molar-refractivity contribution in [3.63, 3.8) is 0 Å². The molecule has 0 aliphatic heterocycles. The van der Waals surface area contributed by atoms with Crippen LogP contribution in [0, 0.1) is 11.7 Å². The van der Waals surface area contributed by atoms with Crippen LogP contribution < -0.4 is 10.1 Å². The lowest BCUT2D eigenvalue weighted by Crippen LogP contribution is -2.17. The van der Waals surface area contributed by atoms with Crippen molar-refractivity contribution in [2.24, 2.45) is 5.92 Å². The van der Waals surface area contributed by atoms with Crippen LogP contribution >= 0.6 is 0 Å². The van der Waals surface area contributed by atoms with E-state index in [1.807, 2.05) is 50.2 Å². The Balaban J connectivity index is 1.41. The van der Waals surface area contributed by atoms with Gasteiger partial charge in [-0.15, -0.1) is 0 Å². The van der Waals surface area contributed by atoms with E-state index in [-0.39, 0.29) is 17.6 Å². The summed E-state index contributed by atoms with van der Waals surface area (Å²) >= 11 is 0. The first-order chi connectivity index (χ1) is 18.9. The predicted octanol–water partition coefficient (Wildman–Crippen LogP) is 6.58. The summed E-state index contributed by atoms with van der Waals surface area (Å²) in [6.07, 6.45) is 5.08. The van der Waals surface area contributed by atoms with Gasteiger partial charge in [0, 0.05) is 40.7 Å². The molecule has 1 amide bonds. The minimum absolute atomic E-state index is 0.0648. The molecule has 2 aromatic carbocycles. The molecule has 8 nitrogen and oxygen atoms in total. The molecule has 0 fully saturated rings. The van der Waals surface area contributed by atoms with Gasteiger partial charge in [-0.05, 0) is 59.2 Å². The summed E-state index contributed by atoms with van der Waals surface area (Å²) in [7, 11) is 1.51. The topological polar surface area (TPSA) is 109 Å². The maximum Gasteiger partial charge on any atom is 0.226 e. The normalized spacial score (nSPS) is 11.4. The third-order valence-corrected chi connectivity index (χ3v) is 6.63. The first kappa shape index (κ1) is 24.3. The van der Waals surface area contributed by atoms with Gasteiger partial charge in [0.15, 0.2) is 0 Å². The van der Waals surface area contributed by atoms with Gasteiger partial charge in [0.2, 0.25) is 5.91 Å². The average molecular weight is 521 g/mol. The third-order valence-electron chi connectivity index (χ3n) is 6.63. The lowest BCUT2D eigenvalue weighted by atomic mass is 10.0. The first-order valence-electron chi connectivity index (χ1n) is 12.5. The van der Waals surface area contributed by atoms with E-state index in [2.05, 4.69) is 30.5 Å². The average Bonchev–Trinajstić information content (AvgIpc) is 3.56. The number of rotatable bonds is 6. The highest BCUT2D eigenvalue weighted by Crippen LogP contribution is 2.36. The van der Waals surface area contributed by atoms with Crippen molar-refractivity contribution in [2.45, 2.75) is 13.8 Å². The van der Waals surface area contributed by atoms with Crippen LogP contribution in [0.4, 0.5) is 10.1 Å². The Labute approximate surface area is 223 Å². The molecule has 4 heterocycles. The second kappa shape index (κ2) is 9.68. The summed E-state index contributed by atoms with van der Waals surface area (Å²) in [6.45, 7) is 3.69. The molecular formula is C30H25FN6O2. The Morgan fingerprint density at radius 3 is 2.67 bits per heavy atom. The zero-order valence-electron chi connectivity index (χ0n) is 21.5. The largest absolute Gasteiger partial charge is 0.497 e. The Bertz CT molecular complexity index is 1860. The van der Waals surface area contributed by atoms with Crippen LogP contribution in [0.25, 0.3) is 55.6 Å². The zero-order valence-corrected chi connectivity index (χ0v) is 21.5. The molecule has 9 heteroatoms. The lowest BCUT2D eigenvalue weighted by Gasteiger charge is -2.09. The molecule has 0 spiro atoms. The summed E-state index contributed by atoms with van der Waals surface area (Å²) in [5, 5.41) is 12.3. The van der Waals surface area contributed by atoms with Gasteiger partial charge in [0.1, 0.15) is 22.9 Å². The van der Waals surface area contributed by atoms with E-state index in [1.165, 1.54) is 19.2 Å². The number of carbonyl (C=O) groups excluding carboxylic acids is 1. The second-order valence-electron chi connectivity index (χ2n) is 9.62. The number of carbonyl (C=O) groups is 1. The number of H-pyrrole nitrogens is 2. The number of pyridine rings is 2. The van der Waals surface area contributed by atoms with E-state index in [4.69, 9.17) is 4.74 Å². The molecule has 6 aromatic rings. The number of hydrogen-bond donors (Lipinski definition) is 3. The van der Waals surface area contributed by atoms with Gasteiger partial charge in [0.05, 0.1) is 30.2 Å². The number of halogens is 1. The number of methoxy groups -OCH3 is 1. The molecule has 0 radical (unpaired) electrons. The molecule has 0 atom stereocenters. The third kappa shape index (κ3) is 4.59. The Kier molecular flexibility index (Phi) is 6.03. The summed E-state index contributed by atoms with van der Waals surface area (Å²) in [4.78, 5) is 24.3. The van der Waals surface area contributed by atoms with Crippen molar-refractivity contribution in [1.82, 2.24) is 25.1 Å². The molecule has 0 saturated heterocycles. The van der Waals surface area contributed by atoms with E-state index in [1.54, 1.807) is 24.7 Å². The van der Waals surface area contributed by atoms with Gasteiger partial charge in [-0.1, -0.05) is 19.9 Å². The molecule has 4 aromatic heterocycles. The van der Waals surface area contributed by atoms with Crippen LogP contribution in [0.1, 0.15) is 13.8 Å². The van der Waals surface area contributed by atoms with E-state index in [9.17, 15) is 9.18 Å². The number of amides is 1. The van der Waals surface area contributed by atoms with Crippen molar-refractivity contribution in [3.05, 3.63) is 79.0 Å². The number of nitrogens with one attached hydrogen (secondary N) is 3. The standard InChI is InChI=1S/C30H25FN6O2/c1-16(2)30(38)34-21-9-19(14-32-15-21)17-4-5-26-25(11-17)28(37-36-26)27-13-24-23(6-7-33-29(24)35-27)18-8-20(31)12-22(10-18)39-3/h4-16H,1-3H3,(H,33,35)(H,34,38)(H,36,37). The fourth-order valence-corrected chi connectivity index (χ4v) is 4.59. The van der Waals surface area contributed by atoms with Crippen molar-refractivity contribution in [2.75, 3.05) is 12.4 Å². The van der Waals surface area contributed by atoms with Crippen LogP contribution in [-0.2, 0) is 4.79 Å². The summed E-state index contributed by atoms with van der Waals surface area (Å²) < 4.78 is 19.5. The zero-order chi connectivity index (χ0) is 27.1. The van der Waals surface area contributed by atoms with E-state index in [0.717, 1.165) is 44.4 Å². The molecule has 3 N–H and O–H groups in total. The molecule has 6 rings (SSSR count).